The van der Waals surface area contributed by atoms with E-state index in [1.165, 1.54) is 11.0 Å². The van der Waals surface area contributed by atoms with E-state index in [0.29, 0.717) is 22.9 Å². The predicted molar refractivity (Wildman–Crippen MR) is 112 cm³/mol. The molecule has 0 aliphatic carbocycles. The summed E-state index contributed by atoms with van der Waals surface area (Å²) in [6.07, 6.45) is 3.71. The standard InChI is InChI=1S/C20H15BrFN3OS/c1-24-19(26)17(23-20(24)27)8-13-11-25(10-12-4-2-3-5-16(12)22)18-7-6-14(21)9-15(13)18/h2-9,11H,10H2,1H3,(H,23,27)/b17-8-. The van der Waals surface area contributed by atoms with Gasteiger partial charge >= 0.3 is 0 Å². The molecular weight excluding hydrogens is 429 g/mol. The highest BCUT2D eigenvalue weighted by Gasteiger charge is 2.27. The number of hydrogen-bond donors (Lipinski definition) is 1. The molecule has 7 heteroatoms. The molecule has 0 spiro atoms. The average Bonchev–Trinajstić information content (AvgIpc) is 3.09. The molecule has 2 aromatic carbocycles. The number of likely N-dealkylation sites (N-methyl/N-ethyl adjacent to an activating group) is 1. The highest BCUT2D eigenvalue weighted by Crippen LogP contribution is 2.28. The van der Waals surface area contributed by atoms with E-state index in [-0.39, 0.29) is 11.7 Å². The number of nitrogens with zero attached hydrogens (tertiary/aromatic N) is 2. The molecule has 0 radical (unpaired) electrons. The highest BCUT2D eigenvalue weighted by molar-refractivity contribution is 9.10. The van der Waals surface area contributed by atoms with Crippen molar-refractivity contribution >= 4 is 56.1 Å². The first-order valence-electron chi connectivity index (χ1n) is 8.26. The van der Waals surface area contributed by atoms with E-state index in [1.54, 1.807) is 25.3 Å². The number of halogens is 2. The number of carbonyl (C=O) groups excluding carboxylic acids is 1. The van der Waals surface area contributed by atoms with Gasteiger partial charge in [-0.2, -0.15) is 0 Å². The van der Waals surface area contributed by atoms with Crippen molar-refractivity contribution in [2.75, 3.05) is 7.05 Å². The molecular formula is C20H15BrFN3OS. The largest absolute Gasteiger partial charge is 0.342 e. The van der Waals surface area contributed by atoms with E-state index in [2.05, 4.69) is 21.2 Å². The summed E-state index contributed by atoms with van der Waals surface area (Å²) in [6.45, 7) is 0.396. The SMILES string of the molecule is CN1C(=O)/C(=C/c2cn(Cc3ccccc3F)c3ccc(Br)cc23)NC1=S. The van der Waals surface area contributed by atoms with Crippen LogP contribution in [0.15, 0.2) is 58.8 Å². The van der Waals surface area contributed by atoms with Crippen molar-refractivity contribution in [3.05, 3.63) is 75.8 Å². The molecule has 1 aliphatic rings. The number of fused-ring (bicyclic) bond motifs is 1. The second-order valence-corrected chi connectivity index (χ2v) is 7.62. The maximum atomic E-state index is 14.1. The van der Waals surface area contributed by atoms with Crippen LogP contribution in [0, 0.1) is 5.82 Å². The van der Waals surface area contributed by atoms with Gasteiger partial charge < -0.3 is 9.88 Å². The van der Waals surface area contributed by atoms with Crippen LogP contribution in [0.25, 0.3) is 17.0 Å². The minimum atomic E-state index is -0.240. The lowest BCUT2D eigenvalue weighted by molar-refractivity contribution is -0.121. The van der Waals surface area contributed by atoms with Crippen LogP contribution in [0.4, 0.5) is 4.39 Å². The van der Waals surface area contributed by atoms with Crippen LogP contribution in [0.3, 0.4) is 0 Å². The van der Waals surface area contributed by atoms with E-state index in [1.807, 2.05) is 35.0 Å². The fourth-order valence-corrected chi connectivity index (χ4v) is 3.69. The molecule has 3 aromatic rings. The topological polar surface area (TPSA) is 37.3 Å². The third-order valence-corrected chi connectivity index (χ3v) is 5.42. The van der Waals surface area contributed by atoms with Gasteiger partial charge in [-0.3, -0.25) is 9.69 Å². The monoisotopic (exact) mass is 443 g/mol. The molecule has 0 unspecified atom stereocenters. The van der Waals surface area contributed by atoms with Crippen molar-refractivity contribution in [2.24, 2.45) is 0 Å². The van der Waals surface area contributed by atoms with Crippen LogP contribution in [-0.4, -0.2) is 27.5 Å². The van der Waals surface area contributed by atoms with Gasteiger partial charge in [0, 0.05) is 39.7 Å². The second-order valence-electron chi connectivity index (χ2n) is 6.32. The van der Waals surface area contributed by atoms with Gasteiger partial charge in [0.25, 0.3) is 5.91 Å². The van der Waals surface area contributed by atoms with E-state index in [9.17, 15) is 9.18 Å². The molecule has 0 atom stereocenters. The van der Waals surface area contributed by atoms with Gasteiger partial charge in [-0.1, -0.05) is 34.1 Å². The van der Waals surface area contributed by atoms with Crippen LogP contribution in [0.1, 0.15) is 11.1 Å². The number of amides is 1. The Morgan fingerprint density at radius 2 is 2.04 bits per heavy atom. The fourth-order valence-electron chi connectivity index (χ4n) is 3.13. The normalized spacial score (nSPS) is 15.8. The summed E-state index contributed by atoms with van der Waals surface area (Å²) < 4.78 is 17.0. The summed E-state index contributed by atoms with van der Waals surface area (Å²) >= 11 is 8.63. The lowest BCUT2D eigenvalue weighted by Crippen LogP contribution is -2.25. The molecule has 1 saturated heterocycles. The number of rotatable bonds is 3. The van der Waals surface area contributed by atoms with Crippen molar-refractivity contribution in [3.63, 3.8) is 0 Å². The Kier molecular flexibility index (Phi) is 4.57. The van der Waals surface area contributed by atoms with Gasteiger partial charge in [-0.25, -0.2) is 4.39 Å². The lowest BCUT2D eigenvalue weighted by atomic mass is 10.1. The molecule has 0 bridgehead atoms. The van der Waals surface area contributed by atoms with Crippen LogP contribution < -0.4 is 5.32 Å². The molecule has 0 saturated carbocycles. The van der Waals surface area contributed by atoms with Crippen molar-refractivity contribution in [2.45, 2.75) is 6.54 Å². The highest BCUT2D eigenvalue weighted by atomic mass is 79.9. The zero-order valence-electron chi connectivity index (χ0n) is 14.4. The first-order chi connectivity index (χ1) is 12.9. The summed E-state index contributed by atoms with van der Waals surface area (Å²) in [6, 6.07) is 12.6. The molecule has 136 valence electrons. The molecule has 1 amide bonds. The Hall–Kier alpha value is -2.51. The Morgan fingerprint density at radius 1 is 1.26 bits per heavy atom. The molecule has 1 aliphatic heterocycles. The van der Waals surface area contributed by atoms with Crippen LogP contribution in [0.2, 0.25) is 0 Å². The predicted octanol–water partition coefficient (Wildman–Crippen LogP) is 4.28. The van der Waals surface area contributed by atoms with Gasteiger partial charge in [0.05, 0.1) is 6.54 Å². The van der Waals surface area contributed by atoms with Gasteiger partial charge in [0.1, 0.15) is 11.5 Å². The van der Waals surface area contributed by atoms with Crippen LogP contribution in [0.5, 0.6) is 0 Å². The molecule has 1 aromatic heterocycles. The zero-order valence-corrected chi connectivity index (χ0v) is 16.8. The van der Waals surface area contributed by atoms with Crippen LogP contribution in [-0.2, 0) is 11.3 Å². The van der Waals surface area contributed by atoms with E-state index < -0.39 is 0 Å². The molecule has 4 rings (SSSR count). The smallest absolute Gasteiger partial charge is 0.276 e. The Labute approximate surface area is 169 Å². The van der Waals surface area contributed by atoms with Gasteiger partial charge in [0.15, 0.2) is 5.11 Å². The van der Waals surface area contributed by atoms with Crippen LogP contribution >= 0.6 is 28.1 Å². The third-order valence-electron chi connectivity index (χ3n) is 4.55. The van der Waals surface area contributed by atoms with Gasteiger partial charge in [0.2, 0.25) is 0 Å². The van der Waals surface area contributed by atoms with Crippen molar-refractivity contribution in [3.8, 4) is 0 Å². The maximum absolute atomic E-state index is 14.1. The summed E-state index contributed by atoms with van der Waals surface area (Å²) in [7, 11) is 1.64. The number of nitrogens with one attached hydrogen (secondary N) is 1. The number of aromatic nitrogens is 1. The third kappa shape index (κ3) is 3.28. The van der Waals surface area contributed by atoms with Crippen molar-refractivity contribution in [1.29, 1.82) is 0 Å². The van der Waals surface area contributed by atoms with E-state index in [4.69, 9.17) is 12.2 Å². The number of benzene rings is 2. The zero-order chi connectivity index (χ0) is 19.1. The van der Waals surface area contributed by atoms with E-state index in [0.717, 1.165) is 20.9 Å². The Bertz CT molecular complexity index is 1120. The molecule has 4 nitrogen and oxygen atoms in total. The fraction of sp³-hybridized carbons (Fsp3) is 0.100. The summed E-state index contributed by atoms with van der Waals surface area (Å²) in [5.74, 6) is -0.416. The number of carbonyl (C=O) groups is 1. The Balaban J connectivity index is 1.82. The molecule has 2 heterocycles. The second kappa shape index (κ2) is 6.90. The van der Waals surface area contributed by atoms with E-state index >= 15 is 0 Å². The summed E-state index contributed by atoms with van der Waals surface area (Å²) in [4.78, 5) is 13.7. The first kappa shape index (κ1) is 17.9. The number of hydrogen-bond acceptors (Lipinski definition) is 2. The quantitative estimate of drug-likeness (QED) is 0.484. The average molecular weight is 444 g/mol. The lowest BCUT2D eigenvalue weighted by Gasteiger charge is -2.06. The van der Waals surface area contributed by atoms with Crippen molar-refractivity contribution < 1.29 is 9.18 Å². The number of thiocarbonyl (C=S) groups is 1. The Morgan fingerprint density at radius 3 is 2.74 bits per heavy atom. The minimum Gasteiger partial charge on any atom is -0.342 e. The molecule has 1 N–H and O–H groups in total. The van der Waals surface area contributed by atoms with Gasteiger partial charge in [-0.15, -0.1) is 0 Å². The summed E-state index contributed by atoms with van der Waals surface area (Å²) in [5.41, 5.74) is 2.84. The molecule has 1 fully saturated rings. The van der Waals surface area contributed by atoms with Crippen molar-refractivity contribution in [1.82, 2.24) is 14.8 Å². The minimum absolute atomic E-state index is 0.176. The maximum Gasteiger partial charge on any atom is 0.276 e. The van der Waals surface area contributed by atoms with Gasteiger partial charge in [-0.05, 0) is 42.6 Å². The first-order valence-corrected chi connectivity index (χ1v) is 9.46. The molecule has 27 heavy (non-hydrogen) atoms. The summed E-state index contributed by atoms with van der Waals surface area (Å²) in [5, 5.41) is 4.28.